The zero-order valence-electron chi connectivity index (χ0n) is 9.56. The fraction of sp³-hybridized carbons (Fsp3) is 0.385. The molecule has 1 atom stereocenters. The zero-order chi connectivity index (χ0) is 12.1. The number of aryl methyl sites for hydroxylation is 1. The fourth-order valence-electron chi connectivity index (χ4n) is 1.54. The van der Waals surface area contributed by atoms with E-state index in [0.717, 1.165) is 6.42 Å². The van der Waals surface area contributed by atoms with Crippen LogP contribution in [-0.4, -0.2) is 16.9 Å². The van der Waals surface area contributed by atoms with Crippen molar-refractivity contribution in [3.8, 4) is 0 Å². The lowest BCUT2D eigenvalue weighted by Crippen LogP contribution is -2.15. The molecule has 1 unspecified atom stereocenters. The Morgan fingerprint density at radius 3 is 2.25 bits per heavy atom. The van der Waals surface area contributed by atoms with Crippen LogP contribution in [0.4, 0.5) is 0 Å². The molecule has 0 saturated heterocycles. The lowest BCUT2D eigenvalue weighted by molar-refractivity contribution is -0.137. The Morgan fingerprint density at radius 1 is 1.25 bits per heavy atom. The minimum atomic E-state index is -0.939. The van der Waals surface area contributed by atoms with E-state index in [1.807, 2.05) is 19.1 Å². The third-order valence-corrected chi connectivity index (χ3v) is 2.58. The molecule has 0 amide bonds. The van der Waals surface area contributed by atoms with Crippen molar-refractivity contribution in [2.24, 2.45) is 5.92 Å². The Hall–Kier alpha value is -1.64. The summed E-state index contributed by atoms with van der Waals surface area (Å²) in [6.45, 7) is 3.69. The summed E-state index contributed by atoms with van der Waals surface area (Å²) in [7, 11) is 0. The molecule has 1 aromatic rings. The Labute approximate surface area is 95.1 Å². The highest BCUT2D eigenvalue weighted by Gasteiger charge is 2.17. The van der Waals surface area contributed by atoms with Crippen LogP contribution in [0.5, 0.6) is 0 Å². The minimum absolute atomic E-state index is 0.106. The number of Topliss-reactive ketones (excluding diaryl/α,β-unsaturated/α-hetero) is 1. The molecular weight excluding hydrogens is 204 g/mol. The predicted octanol–water partition coefficient (Wildman–Crippen LogP) is 2.54. The molecule has 3 heteroatoms. The molecule has 0 radical (unpaired) electrons. The number of carboxylic acids is 1. The standard InChI is InChI=1S/C13H16O3/c1-3-10-4-6-11(7-5-10)13(16)9(2)8-12(14)15/h4-7,9H,3,8H2,1-2H3,(H,14,15). The largest absolute Gasteiger partial charge is 0.481 e. The van der Waals surface area contributed by atoms with Gasteiger partial charge in [-0.1, -0.05) is 38.1 Å². The van der Waals surface area contributed by atoms with Crippen LogP contribution in [0, 0.1) is 5.92 Å². The lowest BCUT2D eigenvalue weighted by atomic mass is 9.95. The fourth-order valence-corrected chi connectivity index (χ4v) is 1.54. The maximum Gasteiger partial charge on any atom is 0.304 e. The van der Waals surface area contributed by atoms with Gasteiger partial charge in [-0.05, 0) is 12.0 Å². The third kappa shape index (κ3) is 3.19. The van der Waals surface area contributed by atoms with Crippen LogP contribution in [-0.2, 0) is 11.2 Å². The van der Waals surface area contributed by atoms with Gasteiger partial charge in [0.2, 0.25) is 0 Å². The second-order valence-corrected chi connectivity index (χ2v) is 3.91. The van der Waals surface area contributed by atoms with Crippen molar-refractivity contribution in [3.05, 3.63) is 35.4 Å². The van der Waals surface area contributed by atoms with Gasteiger partial charge in [-0.25, -0.2) is 0 Å². The Balaban J connectivity index is 2.75. The van der Waals surface area contributed by atoms with Crippen LogP contribution in [0.1, 0.15) is 36.2 Å². The van der Waals surface area contributed by atoms with E-state index in [1.165, 1.54) is 5.56 Å². The maximum absolute atomic E-state index is 11.8. The number of benzene rings is 1. The number of ketones is 1. The number of carboxylic acid groups (broad SMARTS) is 1. The first kappa shape index (κ1) is 12.4. The molecule has 86 valence electrons. The molecule has 0 heterocycles. The Bertz CT molecular complexity index is 379. The van der Waals surface area contributed by atoms with E-state index >= 15 is 0 Å². The normalized spacial score (nSPS) is 12.1. The van der Waals surface area contributed by atoms with Crippen molar-refractivity contribution in [1.29, 1.82) is 0 Å². The first-order chi connectivity index (χ1) is 7.54. The molecule has 0 spiro atoms. The lowest BCUT2D eigenvalue weighted by Gasteiger charge is -2.08. The van der Waals surface area contributed by atoms with Crippen molar-refractivity contribution < 1.29 is 14.7 Å². The van der Waals surface area contributed by atoms with Crippen LogP contribution in [0.3, 0.4) is 0 Å². The number of carbonyl (C=O) groups excluding carboxylic acids is 1. The van der Waals surface area contributed by atoms with E-state index in [1.54, 1.807) is 19.1 Å². The van der Waals surface area contributed by atoms with E-state index in [2.05, 4.69) is 0 Å². The predicted molar refractivity (Wildman–Crippen MR) is 61.6 cm³/mol. The smallest absolute Gasteiger partial charge is 0.304 e. The van der Waals surface area contributed by atoms with Gasteiger partial charge in [0.05, 0.1) is 6.42 Å². The molecule has 0 aliphatic rings. The molecule has 0 fully saturated rings. The van der Waals surface area contributed by atoms with Crippen molar-refractivity contribution in [3.63, 3.8) is 0 Å². The van der Waals surface area contributed by atoms with Crippen LogP contribution < -0.4 is 0 Å². The van der Waals surface area contributed by atoms with Crippen molar-refractivity contribution >= 4 is 11.8 Å². The molecule has 3 nitrogen and oxygen atoms in total. The van der Waals surface area contributed by atoms with E-state index in [-0.39, 0.29) is 12.2 Å². The molecule has 0 saturated carbocycles. The summed E-state index contributed by atoms with van der Waals surface area (Å²) in [6, 6.07) is 7.33. The third-order valence-electron chi connectivity index (χ3n) is 2.58. The van der Waals surface area contributed by atoms with Crippen LogP contribution in [0.15, 0.2) is 24.3 Å². The van der Waals surface area contributed by atoms with Crippen LogP contribution in [0.2, 0.25) is 0 Å². The minimum Gasteiger partial charge on any atom is -0.481 e. The highest BCUT2D eigenvalue weighted by Crippen LogP contribution is 2.13. The van der Waals surface area contributed by atoms with Gasteiger partial charge in [-0.2, -0.15) is 0 Å². The number of hydrogen-bond acceptors (Lipinski definition) is 2. The molecule has 0 aliphatic carbocycles. The van der Waals surface area contributed by atoms with Gasteiger partial charge in [0.15, 0.2) is 5.78 Å². The monoisotopic (exact) mass is 220 g/mol. The van der Waals surface area contributed by atoms with Gasteiger partial charge in [-0.3, -0.25) is 9.59 Å². The molecular formula is C13H16O3. The molecule has 1 N–H and O–H groups in total. The van der Waals surface area contributed by atoms with Crippen molar-refractivity contribution in [2.45, 2.75) is 26.7 Å². The van der Waals surface area contributed by atoms with Crippen molar-refractivity contribution in [2.75, 3.05) is 0 Å². The average molecular weight is 220 g/mol. The van der Waals surface area contributed by atoms with E-state index in [0.29, 0.717) is 5.56 Å². The van der Waals surface area contributed by atoms with Gasteiger partial charge in [0.1, 0.15) is 0 Å². The molecule has 1 rings (SSSR count). The topological polar surface area (TPSA) is 54.4 Å². The quantitative estimate of drug-likeness (QED) is 0.776. The van der Waals surface area contributed by atoms with E-state index in [9.17, 15) is 9.59 Å². The summed E-state index contributed by atoms with van der Waals surface area (Å²) in [5.41, 5.74) is 1.76. The highest BCUT2D eigenvalue weighted by molar-refractivity contribution is 5.99. The number of carbonyl (C=O) groups is 2. The molecule has 0 aromatic heterocycles. The van der Waals surface area contributed by atoms with Crippen molar-refractivity contribution in [1.82, 2.24) is 0 Å². The Kier molecular flexibility index (Phi) is 4.23. The van der Waals surface area contributed by atoms with Gasteiger partial charge >= 0.3 is 5.97 Å². The molecule has 1 aromatic carbocycles. The van der Waals surface area contributed by atoms with E-state index in [4.69, 9.17) is 5.11 Å². The Morgan fingerprint density at radius 2 is 1.81 bits per heavy atom. The van der Waals surface area contributed by atoms with Crippen LogP contribution in [0.25, 0.3) is 0 Å². The number of hydrogen-bond donors (Lipinski definition) is 1. The first-order valence-electron chi connectivity index (χ1n) is 5.39. The summed E-state index contributed by atoms with van der Waals surface area (Å²) in [4.78, 5) is 22.3. The second-order valence-electron chi connectivity index (χ2n) is 3.91. The number of aliphatic carboxylic acids is 1. The van der Waals surface area contributed by atoms with Crippen LogP contribution >= 0.6 is 0 Å². The first-order valence-corrected chi connectivity index (χ1v) is 5.39. The molecule has 16 heavy (non-hydrogen) atoms. The average Bonchev–Trinajstić information content (AvgIpc) is 2.27. The second kappa shape index (κ2) is 5.45. The number of rotatable bonds is 5. The summed E-state index contributed by atoms with van der Waals surface area (Å²) >= 11 is 0. The SMILES string of the molecule is CCc1ccc(C(=O)C(C)CC(=O)O)cc1. The van der Waals surface area contributed by atoms with Gasteiger partial charge in [-0.15, -0.1) is 0 Å². The maximum atomic E-state index is 11.8. The summed E-state index contributed by atoms with van der Waals surface area (Å²) in [5, 5.41) is 8.61. The van der Waals surface area contributed by atoms with Gasteiger partial charge in [0, 0.05) is 11.5 Å². The zero-order valence-corrected chi connectivity index (χ0v) is 9.56. The summed E-state index contributed by atoms with van der Waals surface area (Å²) in [5.74, 6) is -1.51. The van der Waals surface area contributed by atoms with Gasteiger partial charge in [0.25, 0.3) is 0 Å². The van der Waals surface area contributed by atoms with Gasteiger partial charge < -0.3 is 5.11 Å². The summed E-state index contributed by atoms with van der Waals surface area (Å²) in [6.07, 6.45) is 0.813. The van der Waals surface area contributed by atoms with E-state index < -0.39 is 11.9 Å². The highest BCUT2D eigenvalue weighted by atomic mass is 16.4. The molecule has 0 aliphatic heterocycles. The summed E-state index contributed by atoms with van der Waals surface area (Å²) < 4.78 is 0. The molecule has 0 bridgehead atoms.